The van der Waals surface area contributed by atoms with Crippen LogP contribution in [0.2, 0.25) is 0 Å². The SMILES string of the molecule is COCC(NCc1ccc(C(=O)OC)cc1)C(C)C. The van der Waals surface area contributed by atoms with Crippen LogP contribution in [0.4, 0.5) is 0 Å². The van der Waals surface area contributed by atoms with Crippen molar-refractivity contribution in [1.82, 2.24) is 5.32 Å². The molecule has 0 saturated carbocycles. The Hall–Kier alpha value is -1.39. The van der Waals surface area contributed by atoms with E-state index in [1.807, 2.05) is 12.1 Å². The van der Waals surface area contributed by atoms with Gasteiger partial charge < -0.3 is 14.8 Å². The van der Waals surface area contributed by atoms with Crippen molar-refractivity contribution in [2.75, 3.05) is 20.8 Å². The van der Waals surface area contributed by atoms with E-state index in [0.717, 1.165) is 12.1 Å². The third-order valence-electron chi connectivity index (χ3n) is 3.09. The van der Waals surface area contributed by atoms with Crippen LogP contribution in [0, 0.1) is 5.92 Å². The zero-order valence-electron chi connectivity index (χ0n) is 12.1. The number of nitrogens with one attached hydrogen (secondary N) is 1. The zero-order valence-corrected chi connectivity index (χ0v) is 12.1. The van der Waals surface area contributed by atoms with Gasteiger partial charge in [-0.2, -0.15) is 0 Å². The van der Waals surface area contributed by atoms with Crippen molar-refractivity contribution in [2.24, 2.45) is 5.92 Å². The Morgan fingerprint density at radius 1 is 1.21 bits per heavy atom. The summed E-state index contributed by atoms with van der Waals surface area (Å²) in [6.07, 6.45) is 0. The maximum atomic E-state index is 11.3. The first-order chi connectivity index (χ1) is 9.08. The molecular weight excluding hydrogens is 242 g/mol. The molecule has 0 aliphatic carbocycles. The topological polar surface area (TPSA) is 47.6 Å². The Kier molecular flexibility index (Phi) is 6.53. The fraction of sp³-hybridized carbons (Fsp3) is 0.533. The largest absolute Gasteiger partial charge is 0.465 e. The molecule has 0 aromatic heterocycles. The van der Waals surface area contributed by atoms with Gasteiger partial charge in [0.25, 0.3) is 0 Å². The third-order valence-corrected chi connectivity index (χ3v) is 3.09. The Labute approximate surface area is 115 Å². The molecule has 0 fully saturated rings. The van der Waals surface area contributed by atoms with Crippen LogP contribution in [0.15, 0.2) is 24.3 Å². The van der Waals surface area contributed by atoms with E-state index in [-0.39, 0.29) is 5.97 Å². The van der Waals surface area contributed by atoms with Gasteiger partial charge in [-0.1, -0.05) is 26.0 Å². The molecule has 19 heavy (non-hydrogen) atoms. The van der Waals surface area contributed by atoms with E-state index < -0.39 is 0 Å². The Morgan fingerprint density at radius 2 is 1.84 bits per heavy atom. The van der Waals surface area contributed by atoms with Gasteiger partial charge in [0.1, 0.15) is 0 Å². The summed E-state index contributed by atoms with van der Waals surface area (Å²) in [7, 11) is 3.10. The Bertz CT molecular complexity index is 387. The highest BCUT2D eigenvalue weighted by molar-refractivity contribution is 5.89. The Morgan fingerprint density at radius 3 is 2.32 bits per heavy atom. The molecule has 0 amide bonds. The van der Waals surface area contributed by atoms with Gasteiger partial charge in [0.15, 0.2) is 0 Å². The molecule has 0 heterocycles. The summed E-state index contributed by atoms with van der Waals surface area (Å²) >= 11 is 0. The van der Waals surface area contributed by atoms with Gasteiger partial charge in [0, 0.05) is 19.7 Å². The van der Waals surface area contributed by atoms with Gasteiger partial charge in [0.2, 0.25) is 0 Å². The number of hydrogen-bond acceptors (Lipinski definition) is 4. The maximum Gasteiger partial charge on any atom is 0.337 e. The van der Waals surface area contributed by atoms with Gasteiger partial charge in [0.05, 0.1) is 19.3 Å². The predicted octanol–water partition coefficient (Wildman–Crippen LogP) is 2.23. The molecule has 0 radical (unpaired) electrons. The fourth-order valence-corrected chi connectivity index (χ4v) is 1.79. The van der Waals surface area contributed by atoms with Crippen LogP contribution in [0.3, 0.4) is 0 Å². The van der Waals surface area contributed by atoms with Crippen molar-refractivity contribution >= 4 is 5.97 Å². The summed E-state index contributed by atoms with van der Waals surface area (Å²) in [6.45, 7) is 5.78. The van der Waals surface area contributed by atoms with Gasteiger partial charge in [-0.05, 0) is 23.6 Å². The van der Waals surface area contributed by atoms with Crippen molar-refractivity contribution in [3.05, 3.63) is 35.4 Å². The molecule has 1 N–H and O–H groups in total. The highest BCUT2D eigenvalue weighted by Gasteiger charge is 2.12. The normalized spacial score (nSPS) is 12.5. The number of methoxy groups -OCH3 is 2. The summed E-state index contributed by atoms with van der Waals surface area (Å²) < 4.78 is 9.86. The van der Waals surface area contributed by atoms with Crippen LogP contribution in [0.1, 0.15) is 29.8 Å². The van der Waals surface area contributed by atoms with Crippen molar-refractivity contribution in [3.63, 3.8) is 0 Å². The van der Waals surface area contributed by atoms with E-state index in [1.54, 1.807) is 19.2 Å². The van der Waals surface area contributed by atoms with Gasteiger partial charge in [-0.3, -0.25) is 0 Å². The molecule has 1 rings (SSSR count). The maximum absolute atomic E-state index is 11.3. The molecule has 0 bridgehead atoms. The zero-order chi connectivity index (χ0) is 14.3. The number of benzene rings is 1. The third kappa shape index (κ3) is 5.01. The predicted molar refractivity (Wildman–Crippen MR) is 75.1 cm³/mol. The smallest absolute Gasteiger partial charge is 0.337 e. The van der Waals surface area contributed by atoms with Crippen LogP contribution in [0.5, 0.6) is 0 Å². The number of hydrogen-bond donors (Lipinski definition) is 1. The van der Waals surface area contributed by atoms with Crippen molar-refractivity contribution in [2.45, 2.75) is 26.4 Å². The molecule has 1 aromatic carbocycles. The van der Waals surface area contributed by atoms with E-state index >= 15 is 0 Å². The second kappa shape index (κ2) is 7.92. The average Bonchev–Trinajstić information content (AvgIpc) is 2.42. The second-order valence-corrected chi connectivity index (χ2v) is 4.88. The number of ether oxygens (including phenoxy) is 2. The van der Waals surface area contributed by atoms with Gasteiger partial charge in [-0.25, -0.2) is 4.79 Å². The molecule has 0 aliphatic heterocycles. The minimum absolute atomic E-state index is 0.307. The lowest BCUT2D eigenvalue weighted by Gasteiger charge is -2.21. The molecular formula is C15H23NO3. The minimum atomic E-state index is -0.307. The molecule has 106 valence electrons. The summed E-state index contributed by atoms with van der Waals surface area (Å²) in [4.78, 5) is 11.3. The van der Waals surface area contributed by atoms with E-state index in [1.165, 1.54) is 7.11 Å². The number of esters is 1. The monoisotopic (exact) mass is 265 g/mol. The van der Waals surface area contributed by atoms with Crippen LogP contribution >= 0.6 is 0 Å². The van der Waals surface area contributed by atoms with Gasteiger partial charge in [-0.15, -0.1) is 0 Å². The summed E-state index contributed by atoms with van der Waals surface area (Å²) in [5, 5.41) is 3.46. The van der Waals surface area contributed by atoms with Crippen LogP contribution in [-0.2, 0) is 16.0 Å². The first-order valence-corrected chi connectivity index (χ1v) is 6.48. The first-order valence-electron chi connectivity index (χ1n) is 6.48. The summed E-state index contributed by atoms with van der Waals surface area (Å²) in [5.74, 6) is 0.202. The summed E-state index contributed by atoms with van der Waals surface area (Å²) in [6, 6.07) is 7.75. The van der Waals surface area contributed by atoms with E-state index in [9.17, 15) is 4.79 Å². The number of rotatable bonds is 7. The number of carbonyl (C=O) groups excluding carboxylic acids is 1. The molecule has 4 nitrogen and oxygen atoms in total. The molecule has 1 unspecified atom stereocenters. The highest BCUT2D eigenvalue weighted by atomic mass is 16.5. The Balaban J connectivity index is 2.55. The second-order valence-electron chi connectivity index (χ2n) is 4.88. The first kappa shape index (κ1) is 15.7. The van der Waals surface area contributed by atoms with Crippen molar-refractivity contribution in [1.29, 1.82) is 0 Å². The van der Waals surface area contributed by atoms with E-state index in [0.29, 0.717) is 24.1 Å². The summed E-state index contributed by atoms with van der Waals surface area (Å²) in [5.41, 5.74) is 1.71. The lowest BCUT2D eigenvalue weighted by molar-refractivity contribution is 0.0600. The molecule has 1 atom stereocenters. The van der Waals surface area contributed by atoms with Crippen LogP contribution in [0.25, 0.3) is 0 Å². The lowest BCUT2D eigenvalue weighted by atomic mass is 10.0. The molecule has 0 spiro atoms. The minimum Gasteiger partial charge on any atom is -0.465 e. The van der Waals surface area contributed by atoms with Crippen molar-refractivity contribution in [3.8, 4) is 0 Å². The van der Waals surface area contributed by atoms with E-state index in [2.05, 4.69) is 23.9 Å². The fourth-order valence-electron chi connectivity index (χ4n) is 1.79. The van der Waals surface area contributed by atoms with Crippen LogP contribution in [-0.4, -0.2) is 32.8 Å². The molecule has 4 heteroatoms. The highest BCUT2D eigenvalue weighted by Crippen LogP contribution is 2.08. The van der Waals surface area contributed by atoms with Crippen LogP contribution < -0.4 is 5.32 Å². The molecule has 0 aliphatic rings. The molecule has 1 aromatic rings. The quantitative estimate of drug-likeness (QED) is 0.768. The number of carbonyl (C=O) groups is 1. The van der Waals surface area contributed by atoms with Crippen molar-refractivity contribution < 1.29 is 14.3 Å². The lowest BCUT2D eigenvalue weighted by Crippen LogP contribution is -2.37. The average molecular weight is 265 g/mol. The molecule has 0 saturated heterocycles. The standard InChI is InChI=1S/C15H23NO3/c1-11(2)14(10-18-3)16-9-12-5-7-13(8-6-12)15(17)19-4/h5-8,11,14,16H,9-10H2,1-4H3. The van der Waals surface area contributed by atoms with E-state index in [4.69, 9.17) is 4.74 Å². The van der Waals surface area contributed by atoms with Gasteiger partial charge >= 0.3 is 5.97 Å².